The molecule has 4 heteroatoms. The van der Waals surface area contributed by atoms with Crippen molar-refractivity contribution in [3.05, 3.63) is 0 Å². The van der Waals surface area contributed by atoms with E-state index in [4.69, 9.17) is 5.11 Å². The van der Waals surface area contributed by atoms with Crippen molar-refractivity contribution in [2.45, 2.75) is 81.9 Å². The van der Waals surface area contributed by atoms with E-state index in [2.05, 4.69) is 31.9 Å². The molecular formula is C15H28Br2O2. The van der Waals surface area contributed by atoms with Gasteiger partial charge in [0.2, 0.25) is 0 Å². The molecule has 0 aliphatic carbocycles. The van der Waals surface area contributed by atoms with E-state index < -0.39 is 10.3 Å². The maximum atomic E-state index is 10.9. The van der Waals surface area contributed by atoms with Crippen molar-refractivity contribution in [2.75, 3.05) is 5.33 Å². The highest BCUT2D eigenvalue weighted by Gasteiger charge is 2.28. The molecule has 0 fully saturated rings. The molecule has 0 aromatic heterocycles. The van der Waals surface area contributed by atoms with Crippen molar-refractivity contribution < 1.29 is 9.90 Å². The maximum Gasteiger partial charge on any atom is 0.320 e. The van der Waals surface area contributed by atoms with Crippen LogP contribution in [0, 0.1) is 0 Å². The van der Waals surface area contributed by atoms with Crippen LogP contribution in [-0.2, 0) is 4.79 Å². The molecule has 0 aliphatic rings. The fraction of sp³-hybridized carbons (Fsp3) is 0.933. The third kappa shape index (κ3) is 11.9. The molecule has 0 saturated heterocycles. The molecule has 0 aromatic carbocycles. The van der Waals surface area contributed by atoms with Gasteiger partial charge in [-0.1, -0.05) is 89.6 Å². The first-order valence-electron chi connectivity index (χ1n) is 7.49. The molecule has 0 bridgehead atoms. The van der Waals surface area contributed by atoms with Crippen molar-refractivity contribution >= 4 is 37.8 Å². The molecule has 0 heterocycles. The summed E-state index contributed by atoms with van der Waals surface area (Å²) in [6.45, 7) is 1.74. The second kappa shape index (κ2) is 12.2. The number of alkyl halides is 2. The van der Waals surface area contributed by atoms with Gasteiger partial charge >= 0.3 is 5.97 Å². The van der Waals surface area contributed by atoms with E-state index in [1.54, 1.807) is 6.92 Å². The lowest BCUT2D eigenvalue weighted by Gasteiger charge is -2.16. The van der Waals surface area contributed by atoms with Gasteiger partial charge in [0.25, 0.3) is 0 Å². The Morgan fingerprint density at radius 2 is 1.26 bits per heavy atom. The normalized spacial score (nSPS) is 14.3. The number of carbonyl (C=O) groups is 1. The van der Waals surface area contributed by atoms with Gasteiger partial charge in [-0.15, -0.1) is 0 Å². The Morgan fingerprint density at radius 3 is 1.63 bits per heavy atom. The zero-order chi connectivity index (χ0) is 14.6. The first-order chi connectivity index (χ1) is 9.00. The first kappa shape index (κ1) is 19.4. The molecule has 1 N–H and O–H groups in total. The van der Waals surface area contributed by atoms with Crippen LogP contribution in [0.4, 0.5) is 0 Å². The van der Waals surface area contributed by atoms with Crippen LogP contribution in [0.25, 0.3) is 0 Å². The standard InChI is InChI=1S/C15H28Br2O2/c1-15(17,14(18)19)12-10-8-6-4-2-3-5-7-9-11-13-16/h2-13H2,1H3,(H,18,19). The third-order valence-electron chi connectivity index (χ3n) is 3.48. The van der Waals surface area contributed by atoms with Crippen LogP contribution in [-0.4, -0.2) is 20.7 Å². The average Bonchev–Trinajstić information content (AvgIpc) is 2.35. The molecule has 114 valence electrons. The Hall–Kier alpha value is 0.430. The van der Waals surface area contributed by atoms with Gasteiger partial charge in [-0.2, -0.15) is 0 Å². The third-order valence-corrected chi connectivity index (χ3v) is 4.77. The van der Waals surface area contributed by atoms with E-state index in [1.165, 1.54) is 51.4 Å². The first-order valence-corrected chi connectivity index (χ1v) is 9.40. The summed E-state index contributed by atoms with van der Waals surface area (Å²) < 4.78 is -0.734. The number of hydrogen-bond acceptors (Lipinski definition) is 1. The minimum atomic E-state index is -0.754. The Balaban J connectivity index is 3.21. The number of carboxylic acids is 1. The minimum absolute atomic E-state index is 0.717. The molecule has 0 amide bonds. The number of hydrogen-bond donors (Lipinski definition) is 1. The van der Waals surface area contributed by atoms with Gasteiger partial charge in [0.05, 0.1) is 0 Å². The molecule has 1 unspecified atom stereocenters. The Morgan fingerprint density at radius 1 is 0.895 bits per heavy atom. The topological polar surface area (TPSA) is 37.3 Å². The van der Waals surface area contributed by atoms with Crippen molar-refractivity contribution in [1.29, 1.82) is 0 Å². The predicted molar refractivity (Wildman–Crippen MR) is 89.5 cm³/mol. The summed E-state index contributed by atoms with van der Waals surface area (Å²) in [5, 5.41) is 10.1. The molecule has 0 aliphatic heterocycles. The number of rotatable bonds is 13. The molecule has 0 rings (SSSR count). The fourth-order valence-corrected chi connectivity index (χ4v) is 2.75. The van der Waals surface area contributed by atoms with Crippen LogP contribution >= 0.6 is 31.9 Å². The highest BCUT2D eigenvalue weighted by atomic mass is 79.9. The highest BCUT2D eigenvalue weighted by molar-refractivity contribution is 9.10. The van der Waals surface area contributed by atoms with Crippen LogP contribution in [0.15, 0.2) is 0 Å². The van der Waals surface area contributed by atoms with E-state index in [0.717, 1.165) is 24.6 Å². The van der Waals surface area contributed by atoms with E-state index >= 15 is 0 Å². The second-order valence-electron chi connectivity index (χ2n) is 5.48. The molecule has 2 nitrogen and oxygen atoms in total. The summed E-state index contributed by atoms with van der Waals surface area (Å²) in [5.74, 6) is -0.754. The summed E-state index contributed by atoms with van der Waals surface area (Å²) >= 11 is 6.72. The second-order valence-corrected chi connectivity index (χ2v) is 8.02. The lowest BCUT2D eigenvalue weighted by Crippen LogP contribution is -2.27. The van der Waals surface area contributed by atoms with Gasteiger partial charge in [-0.3, -0.25) is 4.79 Å². The zero-order valence-electron chi connectivity index (χ0n) is 12.1. The summed E-state index contributed by atoms with van der Waals surface area (Å²) in [5.41, 5.74) is 0. The van der Waals surface area contributed by atoms with Gasteiger partial charge in [0.15, 0.2) is 0 Å². The molecule has 0 spiro atoms. The Labute approximate surface area is 135 Å². The van der Waals surface area contributed by atoms with E-state index in [9.17, 15) is 4.79 Å². The smallest absolute Gasteiger partial charge is 0.320 e. The van der Waals surface area contributed by atoms with E-state index in [1.807, 2.05) is 0 Å². The van der Waals surface area contributed by atoms with Gasteiger partial charge in [0, 0.05) is 5.33 Å². The predicted octanol–water partition coefficient (Wildman–Crippen LogP) is 5.91. The van der Waals surface area contributed by atoms with Crippen molar-refractivity contribution in [2.24, 2.45) is 0 Å². The molecule has 1 atom stereocenters. The van der Waals surface area contributed by atoms with Gasteiger partial charge in [-0.25, -0.2) is 0 Å². The van der Waals surface area contributed by atoms with Gasteiger partial charge in [0.1, 0.15) is 4.32 Å². The molecular weight excluding hydrogens is 372 g/mol. The maximum absolute atomic E-state index is 10.9. The van der Waals surface area contributed by atoms with E-state index in [0.29, 0.717) is 0 Å². The largest absolute Gasteiger partial charge is 0.480 e. The van der Waals surface area contributed by atoms with Crippen LogP contribution in [0.1, 0.15) is 77.6 Å². The quantitative estimate of drug-likeness (QED) is 0.308. The lowest BCUT2D eigenvalue weighted by atomic mass is 10.0. The molecule has 19 heavy (non-hydrogen) atoms. The number of aliphatic carboxylic acids is 1. The molecule has 0 aromatic rings. The lowest BCUT2D eigenvalue weighted by molar-refractivity contribution is -0.139. The van der Waals surface area contributed by atoms with Crippen LogP contribution in [0.5, 0.6) is 0 Å². The van der Waals surface area contributed by atoms with Gasteiger partial charge < -0.3 is 5.11 Å². The van der Waals surface area contributed by atoms with E-state index in [-0.39, 0.29) is 0 Å². The van der Waals surface area contributed by atoms with Crippen molar-refractivity contribution in [3.8, 4) is 0 Å². The number of carboxylic acid groups (broad SMARTS) is 1. The van der Waals surface area contributed by atoms with Crippen molar-refractivity contribution in [3.63, 3.8) is 0 Å². The minimum Gasteiger partial charge on any atom is -0.480 e. The highest BCUT2D eigenvalue weighted by Crippen LogP contribution is 2.25. The summed E-state index contributed by atoms with van der Waals surface area (Å²) in [6, 6.07) is 0. The van der Waals surface area contributed by atoms with Crippen molar-refractivity contribution in [1.82, 2.24) is 0 Å². The summed E-state index contributed by atoms with van der Waals surface area (Å²) in [6.07, 6.45) is 13.5. The van der Waals surface area contributed by atoms with Crippen LogP contribution < -0.4 is 0 Å². The average molecular weight is 400 g/mol. The Kier molecular flexibility index (Phi) is 12.5. The molecule has 0 radical (unpaired) electrons. The van der Waals surface area contributed by atoms with Crippen LogP contribution in [0.3, 0.4) is 0 Å². The molecule has 0 saturated carbocycles. The Bertz CT molecular complexity index is 230. The summed E-state index contributed by atoms with van der Waals surface area (Å²) in [7, 11) is 0. The SMILES string of the molecule is CC(Br)(CCCCCCCCCCCCBr)C(=O)O. The fourth-order valence-electron chi connectivity index (χ4n) is 2.07. The zero-order valence-corrected chi connectivity index (χ0v) is 15.3. The number of halogens is 2. The monoisotopic (exact) mass is 398 g/mol. The summed E-state index contributed by atoms with van der Waals surface area (Å²) in [4.78, 5) is 10.9. The number of unbranched alkanes of at least 4 members (excludes halogenated alkanes) is 9. The van der Waals surface area contributed by atoms with Crippen LogP contribution in [0.2, 0.25) is 0 Å². The van der Waals surface area contributed by atoms with Gasteiger partial charge in [-0.05, 0) is 19.8 Å².